The average molecular weight is 699 g/mol. The second kappa shape index (κ2) is 13.1. The lowest BCUT2D eigenvalue weighted by Gasteiger charge is -2.27. The number of anilines is 4. The van der Waals surface area contributed by atoms with E-state index in [0.29, 0.717) is 23.6 Å². The fourth-order valence-electron chi connectivity index (χ4n) is 7.50. The number of hydrogen-bond acceptors (Lipinski definition) is 5. The van der Waals surface area contributed by atoms with Gasteiger partial charge in [-0.2, -0.15) is 0 Å². The normalized spacial score (nSPS) is 11.5. The lowest BCUT2D eigenvalue weighted by molar-refractivity contribution is 0.308. The van der Waals surface area contributed by atoms with Gasteiger partial charge in [0, 0.05) is 56.8 Å². The first-order chi connectivity index (χ1) is 26.7. The van der Waals surface area contributed by atoms with Crippen LogP contribution in [0.25, 0.3) is 66.1 Å². The van der Waals surface area contributed by atoms with E-state index in [1.807, 2.05) is 60.7 Å². The van der Waals surface area contributed by atoms with Gasteiger partial charge in [0.1, 0.15) is 34.7 Å². The smallest absolute Gasteiger partial charge is 0.143 e. The van der Waals surface area contributed by atoms with E-state index in [1.165, 1.54) is 0 Å². The van der Waals surface area contributed by atoms with Gasteiger partial charge in [0.2, 0.25) is 0 Å². The number of benzene rings is 8. The van der Waals surface area contributed by atoms with E-state index in [9.17, 15) is 0 Å². The van der Waals surface area contributed by atoms with Crippen LogP contribution in [-0.2, 0) is 6.61 Å². The summed E-state index contributed by atoms with van der Waals surface area (Å²) in [4.78, 5) is 2.27. The Morgan fingerprint density at radius 1 is 0.426 bits per heavy atom. The van der Waals surface area contributed by atoms with Crippen molar-refractivity contribution in [2.45, 2.75) is 6.61 Å². The van der Waals surface area contributed by atoms with Crippen LogP contribution in [0.3, 0.4) is 0 Å². The highest BCUT2D eigenvalue weighted by Gasteiger charge is 2.20. The summed E-state index contributed by atoms with van der Waals surface area (Å²) in [6, 6.07) is 62.7. The zero-order chi connectivity index (χ0) is 36.0. The summed E-state index contributed by atoms with van der Waals surface area (Å²) in [5.41, 5.74) is 18.8. The molecule has 0 spiro atoms. The molecule has 0 radical (unpaired) electrons. The molecule has 0 saturated carbocycles. The topological polar surface area (TPSA) is 64.8 Å². The van der Waals surface area contributed by atoms with Crippen LogP contribution in [-0.4, -0.2) is 0 Å². The van der Waals surface area contributed by atoms with Crippen molar-refractivity contribution in [2.24, 2.45) is 0 Å². The predicted octanol–water partition coefficient (Wildman–Crippen LogP) is 13.5. The molecule has 0 bridgehead atoms. The summed E-state index contributed by atoms with van der Waals surface area (Å²) in [6.07, 6.45) is 0. The minimum atomic E-state index is 0.426. The highest BCUT2D eigenvalue weighted by atomic mass is 16.5. The molecule has 8 aromatic carbocycles. The molecule has 5 nitrogen and oxygen atoms in total. The summed E-state index contributed by atoms with van der Waals surface area (Å²) < 4.78 is 19.1. The molecule has 5 heteroatoms. The standard InChI is InChI=1S/C49H34N2O3/c50-44-30-48-43(29-49(44)52-31-32-12-4-1-5-13-32)41-25-22-37(28-47(41)54-48)51(36-21-24-40-39-18-10-11-19-45(39)53-46(40)27-36)35-20-23-38(33-14-6-2-7-15-33)42(26-35)34-16-8-3-9-17-34/h1-30H,31,50H2. The van der Waals surface area contributed by atoms with Gasteiger partial charge < -0.3 is 24.2 Å². The van der Waals surface area contributed by atoms with Crippen molar-refractivity contribution in [3.8, 4) is 28.0 Å². The molecule has 2 N–H and O–H groups in total. The van der Waals surface area contributed by atoms with Gasteiger partial charge in [0.25, 0.3) is 0 Å². The van der Waals surface area contributed by atoms with E-state index in [4.69, 9.17) is 19.3 Å². The third-order valence-corrected chi connectivity index (χ3v) is 10.1. The number of hydrogen-bond donors (Lipinski definition) is 1. The first-order valence-corrected chi connectivity index (χ1v) is 18.1. The SMILES string of the molecule is Nc1cc2oc3cc(N(c4ccc(-c5ccccc5)c(-c5ccccc5)c4)c4ccc5c(c4)oc4ccccc45)ccc3c2cc1OCc1ccccc1. The van der Waals surface area contributed by atoms with E-state index in [-0.39, 0.29) is 0 Å². The van der Waals surface area contributed by atoms with Crippen LogP contribution in [0.15, 0.2) is 191 Å². The van der Waals surface area contributed by atoms with Gasteiger partial charge >= 0.3 is 0 Å². The number of furan rings is 2. The molecule has 0 unspecified atom stereocenters. The van der Waals surface area contributed by atoms with Crippen LogP contribution >= 0.6 is 0 Å². The Morgan fingerprint density at radius 3 is 1.65 bits per heavy atom. The van der Waals surface area contributed by atoms with Crippen molar-refractivity contribution >= 4 is 66.6 Å². The zero-order valence-corrected chi connectivity index (χ0v) is 29.3. The lowest BCUT2D eigenvalue weighted by Crippen LogP contribution is -2.10. The number of ether oxygens (including phenoxy) is 1. The van der Waals surface area contributed by atoms with E-state index in [0.717, 1.165) is 83.2 Å². The quantitative estimate of drug-likeness (QED) is 0.160. The maximum Gasteiger partial charge on any atom is 0.143 e. The van der Waals surface area contributed by atoms with E-state index < -0.39 is 0 Å². The number of nitrogen functional groups attached to an aromatic ring is 1. The molecule has 0 aliphatic heterocycles. The molecule has 10 rings (SSSR count). The monoisotopic (exact) mass is 698 g/mol. The fraction of sp³-hybridized carbons (Fsp3) is 0.0204. The van der Waals surface area contributed by atoms with Crippen LogP contribution in [0.4, 0.5) is 22.7 Å². The third-order valence-electron chi connectivity index (χ3n) is 10.1. The van der Waals surface area contributed by atoms with Gasteiger partial charge in [-0.1, -0.05) is 115 Å². The van der Waals surface area contributed by atoms with Gasteiger partial charge in [0.15, 0.2) is 0 Å². The summed E-state index contributed by atoms with van der Waals surface area (Å²) in [6.45, 7) is 0.426. The van der Waals surface area contributed by atoms with Crippen LogP contribution in [0, 0.1) is 0 Å². The van der Waals surface area contributed by atoms with E-state index >= 15 is 0 Å². The Hall–Kier alpha value is -7.24. The number of rotatable bonds is 8. The molecule has 2 aromatic heterocycles. The van der Waals surface area contributed by atoms with Crippen LogP contribution in [0.5, 0.6) is 5.75 Å². The van der Waals surface area contributed by atoms with Crippen molar-refractivity contribution in [1.82, 2.24) is 0 Å². The predicted molar refractivity (Wildman–Crippen MR) is 222 cm³/mol. The molecule has 0 aliphatic rings. The van der Waals surface area contributed by atoms with Gasteiger partial charge in [0.05, 0.1) is 5.69 Å². The fourth-order valence-corrected chi connectivity index (χ4v) is 7.50. The lowest BCUT2D eigenvalue weighted by atomic mass is 9.93. The minimum Gasteiger partial charge on any atom is -0.487 e. The summed E-state index contributed by atoms with van der Waals surface area (Å²) in [5, 5.41) is 4.10. The number of para-hydroxylation sites is 1. The number of fused-ring (bicyclic) bond motifs is 6. The molecule has 0 aliphatic carbocycles. The molecule has 0 fully saturated rings. The Kier molecular flexibility index (Phi) is 7.62. The van der Waals surface area contributed by atoms with E-state index in [1.54, 1.807) is 0 Å². The Bertz CT molecular complexity index is 2950. The largest absolute Gasteiger partial charge is 0.487 e. The third kappa shape index (κ3) is 5.60. The molecule has 0 atom stereocenters. The molecule has 258 valence electrons. The van der Waals surface area contributed by atoms with Crippen molar-refractivity contribution in [3.63, 3.8) is 0 Å². The zero-order valence-electron chi connectivity index (χ0n) is 29.3. The van der Waals surface area contributed by atoms with Gasteiger partial charge in [-0.15, -0.1) is 0 Å². The Morgan fingerprint density at radius 2 is 0.944 bits per heavy atom. The Balaban J connectivity index is 1.13. The first kappa shape index (κ1) is 31.5. The molecule has 2 heterocycles. The molecular weight excluding hydrogens is 665 g/mol. The molecule has 10 aromatic rings. The summed E-state index contributed by atoms with van der Waals surface area (Å²) >= 11 is 0. The number of nitrogens with two attached hydrogens (primary N) is 1. The first-order valence-electron chi connectivity index (χ1n) is 18.1. The van der Waals surface area contributed by atoms with Gasteiger partial charge in [-0.05, 0) is 76.3 Å². The van der Waals surface area contributed by atoms with Crippen LogP contribution in [0.2, 0.25) is 0 Å². The minimum absolute atomic E-state index is 0.426. The van der Waals surface area contributed by atoms with E-state index in [2.05, 4.69) is 126 Å². The molecule has 0 amide bonds. The second-order valence-electron chi connectivity index (χ2n) is 13.5. The average Bonchev–Trinajstić information content (AvgIpc) is 3.78. The highest BCUT2D eigenvalue weighted by molar-refractivity contribution is 6.09. The maximum atomic E-state index is 6.51. The van der Waals surface area contributed by atoms with Crippen molar-refractivity contribution in [1.29, 1.82) is 0 Å². The highest BCUT2D eigenvalue weighted by Crippen LogP contribution is 2.44. The van der Waals surface area contributed by atoms with Gasteiger partial charge in [-0.25, -0.2) is 0 Å². The molecular formula is C49H34N2O3. The summed E-state index contributed by atoms with van der Waals surface area (Å²) in [7, 11) is 0. The second-order valence-corrected chi connectivity index (χ2v) is 13.5. The molecule has 54 heavy (non-hydrogen) atoms. The van der Waals surface area contributed by atoms with Crippen molar-refractivity contribution in [3.05, 3.63) is 188 Å². The number of nitrogens with zero attached hydrogens (tertiary/aromatic N) is 1. The van der Waals surface area contributed by atoms with Crippen molar-refractivity contribution in [2.75, 3.05) is 10.6 Å². The van der Waals surface area contributed by atoms with Crippen LogP contribution in [0.1, 0.15) is 5.56 Å². The Labute approximate surface area is 312 Å². The molecule has 0 saturated heterocycles. The summed E-state index contributed by atoms with van der Waals surface area (Å²) in [5.74, 6) is 0.630. The van der Waals surface area contributed by atoms with Crippen LogP contribution < -0.4 is 15.4 Å². The maximum absolute atomic E-state index is 6.51. The van der Waals surface area contributed by atoms with Gasteiger partial charge in [-0.3, -0.25) is 0 Å². The van der Waals surface area contributed by atoms with Crippen molar-refractivity contribution < 1.29 is 13.6 Å².